The molecule has 2 aromatic heterocycles. The van der Waals surface area contributed by atoms with E-state index in [-0.39, 0.29) is 17.7 Å². The predicted octanol–water partition coefficient (Wildman–Crippen LogP) is 4.63. The highest BCUT2D eigenvalue weighted by molar-refractivity contribution is 5.86. The molecular weight excluding hydrogens is 412 g/mol. The van der Waals surface area contributed by atoms with Gasteiger partial charge in [-0.1, -0.05) is 42.5 Å². The van der Waals surface area contributed by atoms with Crippen molar-refractivity contribution in [2.45, 2.75) is 19.4 Å². The van der Waals surface area contributed by atoms with Gasteiger partial charge in [0.15, 0.2) is 0 Å². The molecule has 0 aliphatic carbocycles. The van der Waals surface area contributed by atoms with E-state index in [1.807, 2.05) is 61.5 Å². The zero-order chi connectivity index (χ0) is 22.8. The molecule has 1 aliphatic heterocycles. The third-order valence-electron chi connectivity index (χ3n) is 6.44. The topological polar surface area (TPSA) is 70.2 Å². The van der Waals surface area contributed by atoms with Crippen LogP contribution >= 0.6 is 0 Å². The number of amides is 1. The van der Waals surface area contributed by atoms with Crippen molar-refractivity contribution in [1.29, 1.82) is 0 Å². The van der Waals surface area contributed by atoms with Crippen LogP contribution in [0.3, 0.4) is 0 Å². The number of rotatable bonds is 6. The fourth-order valence-electron chi connectivity index (χ4n) is 4.69. The average Bonchev–Trinajstić information content (AvgIpc) is 3.47. The number of carbonyl (C=O) groups excluding carboxylic acids is 1. The number of carbonyl (C=O) groups is 1. The van der Waals surface area contributed by atoms with Crippen LogP contribution in [0.2, 0.25) is 0 Å². The Morgan fingerprint density at radius 1 is 1.09 bits per heavy atom. The Kier molecular flexibility index (Phi) is 5.84. The molecule has 5 rings (SSSR count). The maximum atomic E-state index is 13.2. The molecule has 33 heavy (non-hydrogen) atoms. The predicted molar refractivity (Wildman–Crippen MR) is 129 cm³/mol. The van der Waals surface area contributed by atoms with E-state index in [1.165, 1.54) is 0 Å². The van der Waals surface area contributed by atoms with Crippen molar-refractivity contribution in [2.75, 3.05) is 20.1 Å². The Morgan fingerprint density at radius 3 is 2.67 bits per heavy atom. The Bertz CT molecular complexity index is 1250. The first kappa shape index (κ1) is 21.2. The van der Waals surface area contributed by atoms with Gasteiger partial charge in [0.1, 0.15) is 17.1 Å². The fraction of sp³-hybridized carbons (Fsp3) is 0.259. The van der Waals surface area contributed by atoms with Gasteiger partial charge in [0.05, 0.1) is 11.3 Å². The highest BCUT2D eigenvalue weighted by atomic mass is 16.5. The second-order valence-corrected chi connectivity index (χ2v) is 8.73. The minimum absolute atomic E-state index is 0.0761. The summed E-state index contributed by atoms with van der Waals surface area (Å²) in [6.07, 6.45) is 3.68. The molecule has 1 amide bonds. The zero-order valence-electron chi connectivity index (χ0n) is 18.9. The van der Waals surface area contributed by atoms with Crippen molar-refractivity contribution in [3.63, 3.8) is 0 Å². The molecule has 0 saturated carbocycles. The summed E-state index contributed by atoms with van der Waals surface area (Å²) in [5.41, 5.74) is 4.21. The molecule has 6 heteroatoms. The van der Waals surface area contributed by atoms with E-state index in [1.54, 1.807) is 6.20 Å². The van der Waals surface area contributed by atoms with E-state index < -0.39 is 0 Å². The molecule has 1 aliphatic rings. The Hall–Kier alpha value is -3.64. The standard InChI is InChI=1S/C27H28N4O2/c1-18-14-30-26-25(18)24(12-13-29-26)33-21-10-8-20(9-11-21)22-15-28-16-23(22)27(32)31(2)17-19-6-4-3-5-7-19/h3-14,22-23,28H,15-17H2,1-2H3,(H,29,30)/t22-,23+/m1/s1. The minimum Gasteiger partial charge on any atom is -0.457 e. The van der Waals surface area contributed by atoms with Crippen LogP contribution in [-0.4, -0.2) is 40.9 Å². The second-order valence-electron chi connectivity index (χ2n) is 8.73. The van der Waals surface area contributed by atoms with Crippen molar-refractivity contribution in [3.05, 3.63) is 89.7 Å². The zero-order valence-corrected chi connectivity index (χ0v) is 18.9. The molecule has 0 unspecified atom stereocenters. The van der Waals surface area contributed by atoms with Gasteiger partial charge in [0, 0.05) is 45.0 Å². The molecule has 0 radical (unpaired) electrons. The normalized spacial score (nSPS) is 17.9. The Labute approximate surface area is 193 Å². The van der Waals surface area contributed by atoms with Gasteiger partial charge < -0.3 is 19.9 Å². The third kappa shape index (κ3) is 4.34. The van der Waals surface area contributed by atoms with Crippen molar-refractivity contribution < 1.29 is 9.53 Å². The number of aryl methyl sites for hydroxylation is 1. The lowest BCUT2D eigenvalue weighted by atomic mass is 9.88. The summed E-state index contributed by atoms with van der Waals surface area (Å²) in [6.45, 7) is 4.15. The van der Waals surface area contributed by atoms with Crippen LogP contribution in [-0.2, 0) is 11.3 Å². The third-order valence-corrected chi connectivity index (χ3v) is 6.44. The van der Waals surface area contributed by atoms with Crippen molar-refractivity contribution in [2.24, 2.45) is 5.92 Å². The number of nitrogens with zero attached hydrogens (tertiary/aromatic N) is 2. The molecular formula is C27H28N4O2. The summed E-state index contributed by atoms with van der Waals surface area (Å²) in [7, 11) is 1.89. The summed E-state index contributed by atoms with van der Waals surface area (Å²) in [4.78, 5) is 22.6. The second kappa shape index (κ2) is 9.08. The maximum Gasteiger partial charge on any atom is 0.227 e. The van der Waals surface area contributed by atoms with E-state index in [2.05, 4.69) is 39.6 Å². The van der Waals surface area contributed by atoms with E-state index >= 15 is 0 Å². The lowest BCUT2D eigenvalue weighted by Crippen LogP contribution is -2.35. The highest BCUT2D eigenvalue weighted by Crippen LogP contribution is 2.34. The first-order chi connectivity index (χ1) is 16.1. The van der Waals surface area contributed by atoms with Gasteiger partial charge in [-0.15, -0.1) is 0 Å². The highest BCUT2D eigenvalue weighted by Gasteiger charge is 2.35. The van der Waals surface area contributed by atoms with Crippen molar-refractivity contribution >= 4 is 16.9 Å². The van der Waals surface area contributed by atoms with Crippen LogP contribution in [0.25, 0.3) is 11.0 Å². The molecule has 6 nitrogen and oxygen atoms in total. The molecule has 1 fully saturated rings. The Morgan fingerprint density at radius 2 is 1.88 bits per heavy atom. The van der Waals surface area contributed by atoms with Crippen LogP contribution in [0.4, 0.5) is 0 Å². The monoisotopic (exact) mass is 440 g/mol. The molecule has 4 aromatic rings. The SMILES string of the molecule is Cc1c[nH]c2nccc(Oc3ccc([C@H]4CNC[C@@H]4C(=O)N(C)Cc4ccccc4)cc3)c12. The summed E-state index contributed by atoms with van der Waals surface area (Å²) < 4.78 is 6.18. The van der Waals surface area contributed by atoms with Gasteiger partial charge >= 0.3 is 0 Å². The van der Waals surface area contributed by atoms with Crippen LogP contribution in [0.5, 0.6) is 11.5 Å². The lowest BCUT2D eigenvalue weighted by molar-refractivity contribution is -0.134. The maximum absolute atomic E-state index is 13.2. The summed E-state index contributed by atoms with van der Waals surface area (Å²) in [6, 6.07) is 20.1. The number of hydrogen-bond donors (Lipinski definition) is 2. The number of H-pyrrole nitrogens is 1. The van der Waals surface area contributed by atoms with Crippen molar-refractivity contribution in [3.8, 4) is 11.5 Å². The first-order valence-corrected chi connectivity index (χ1v) is 11.3. The number of fused-ring (bicyclic) bond motifs is 1. The molecule has 0 spiro atoms. The molecule has 2 atom stereocenters. The largest absolute Gasteiger partial charge is 0.457 e. The van der Waals surface area contributed by atoms with Crippen LogP contribution < -0.4 is 10.1 Å². The van der Waals surface area contributed by atoms with Gasteiger partial charge in [0.25, 0.3) is 0 Å². The minimum atomic E-state index is -0.0761. The van der Waals surface area contributed by atoms with Gasteiger partial charge in [-0.25, -0.2) is 4.98 Å². The summed E-state index contributed by atoms with van der Waals surface area (Å²) in [5.74, 6) is 1.79. The smallest absolute Gasteiger partial charge is 0.227 e. The molecule has 3 heterocycles. The Balaban J connectivity index is 1.30. The summed E-state index contributed by atoms with van der Waals surface area (Å²) in [5, 5.41) is 4.40. The van der Waals surface area contributed by atoms with E-state index in [0.29, 0.717) is 13.1 Å². The van der Waals surface area contributed by atoms with Crippen LogP contribution in [0.1, 0.15) is 22.6 Å². The number of nitrogens with one attached hydrogen (secondary N) is 2. The van der Waals surface area contributed by atoms with E-state index in [0.717, 1.165) is 45.8 Å². The molecule has 2 aromatic carbocycles. The molecule has 168 valence electrons. The summed E-state index contributed by atoms with van der Waals surface area (Å²) >= 11 is 0. The van der Waals surface area contributed by atoms with Gasteiger partial charge in [0.2, 0.25) is 5.91 Å². The molecule has 2 N–H and O–H groups in total. The number of ether oxygens (including phenoxy) is 1. The quantitative estimate of drug-likeness (QED) is 0.459. The van der Waals surface area contributed by atoms with Gasteiger partial charge in [-0.2, -0.15) is 0 Å². The first-order valence-electron chi connectivity index (χ1n) is 11.3. The number of pyridine rings is 1. The van der Waals surface area contributed by atoms with Gasteiger partial charge in [-0.3, -0.25) is 4.79 Å². The van der Waals surface area contributed by atoms with Crippen LogP contribution in [0.15, 0.2) is 73.1 Å². The van der Waals surface area contributed by atoms with Crippen LogP contribution in [0, 0.1) is 12.8 Å². The van der Waals surface area contributed by atoms with Gasteiger partial charge in [-0.05, 0) is 41.8 Å². The van der Waals surface area contributed by atoms with E-state index in [9.17, 15) is 4.79 Å². The average molecular weight is 441 g/mol. The van der Waals surface area contributed by atoms with Crippen molar-refractivity contribution in [1.82, 2.24) is 20.2 Å². The van der Waals surface area contributed by atoms with E-state index in [4.69, 9.17) is 4.74 Å². The molecule has 0 bridgehead atoms. The number of hydrogen-bond acceptors (Lipinski definition) is 4. The molecule has 1 saturated heterocycles. The lowest BCUT2D eigenvalue weighted by Gasteiger charge is -2.25. The fourth-order valence-corrected chi connectivity index (χ4v) is 4.69. The number of aromatic amines is 1. The number of aromatic nitrogens is 2. The number of benzene rings is 2.